The summed E-state index contributed by atoms with van der Waals surface area (Å²) in [6.45, 7) is 3.46. The van der Waals surface area contributed by atoms with Crippen LogP contribution in [0.15, 0.2) is 59.0 Å². The number of benzene rings is 2. The van der Waals surface area contributed by atoms with E-state index >= 15 is 0 Å². The summed E-state index contributed by atoms with van der Waals surface area (Å²) in [6.07, 6.45) is 1.80. The Morgan fingerprint density at radius 1 is 1.07 bits per heavy atom. The van der Waals surface area contributed by atoms with Gasteiger partial charge in [-0.2, -0.15) is 5.10 Å². The smallest absolute Gasteiger partial charge is 0.203 e. The summed E-state index contributed by atoms with van der Waals surface area (Å²) in [5.41, 5.74) is 7.19. The molecule has 0 saturated carbocycles. The minimum absolute atomic E-state index is 0.719. The first-order chi connectivity index (χ1) is 13.3. The molecule has 3 aromatic rings. The van der Waals surface area contributed by atoms with Crippen molar-refractivity contribution in [3.63, 3.8) is 0 Å². The Kier molecular flexibility index (Phi) is 5.67. The fourth-order valence-corrected chi connectivity index (χ4v) is 3.63. The van der Waals surface area contributed by atoms with Gasteiger partial charge in [-0.25, -0.2) is 4.98 Å². The molecule has 2 heterocycles. The molecule has 0 unspecified atom stereocenters. The van der Waals surface area contributed by atoms with E-state index < -0.39 is 0 Å². The number of ether oxygens (including phenoxy) is 1. The van der Waals surface area contributed by atoms with Crippen molar-refractivity contribution in [2.45, 2.75) is 0 Å². The molecule has 1 aliphatic heterocycles. The zero-order valence-corrected chi connectivity index (χ0v) is 16.2. The molecule has 2 aromatic carbocycles. The van der Waals surface area contributed by atoms with Crippen LogP contribution >= 0.6 is 22.9 Å². The van der Waals surface area contributed by atoms with Crippen molar-refractivity contribution in [1.29, 1.82) is 0 Å². The first-order valence-electron chi connectivity index (χ1n) is 8.71. The molecule has 1 fully saturated rings. The van der Waals surface area contributed by atoms with E-state index in [1.807, 2.05) is 29.6 Å². The van der Waals surface area contributed by atoms with Crippen molar-refractivity contribution in [2.24, 2.45) is 5.10 Å². The highest BCUT2D eigenvalue weighted by atomic mass is 35.5. The summed E-state index contributed by atoms with van der Waals surface area (Å²) in [5.74, 6) is 0. The third-order valence-electron chi connectivity index (χ3n) is 4.29. The number of rotatable bonds is 5. The van der Waals surface area contributed by atoms with E-state index in [9.17, 15) is 0 Å². The van der Waals surface area contributed by atoms with Crippen molar-refractivity contribution in [2.75, 3.05) is 36.6 Å². The normalized spacial score (nSPS) is 14.6. The SMILES string of the molecule is Clc1ccc(-c2csc(N/N=C/c3ccc(N4CCOCC4)cc3)n2)cc1. The minimum Gasteiger partial charge on any atom is -0.378 e. The third kappa shape index (κ3) is 4.66. The molecule has 1 aliphatic rings. The Morgan fingerprint density at radius 2 is 1.81 bits per heavy atom. The van der Waals surface area contributed by atoms with Crippen LogP contribution in [0.1, 0.15) is 5.56 Å². The second-order valence-electron chi connectivity index (χ2n) is 6.11. The van der Waals surface area contributed by atoms with Gasteiger partial charge in [0.2, 0.25) is 5.13 Å². The van der Waals surface area contributed by atoms with Crippen LogP contribution < -0.4 is 10.3 Å². The second-order valence-corrected chi connectivity index (χ2v) is 7.40. The van der Waals surface area contributed by atoms with Crippen molar-refractivity contribution >= 4 is 40.0 Å². The molecule has 4 rings (SSSR count). The van der Waals surface area contributed by atoms with Gasteiger partial charge in [0.25, 0.3) is 0 Å². The standard InChI is InChI=1S/C20H19ClN4OS/c21-17-5-3-16(4-6-17)19-14-27-20(23-19)24-22-13-15-1-7-18(8-2-15)25-9-11-26-12-10-25/h1-8,13-14H,9-12H2,(H,23,24)/b22-13+. The number of hydrogen-bond acceptors (Lipinski definition) is 6. The number of morpholine rings is 1. The lowest BCUT2D eigenvalue weighted by Crippen LogP contribution is -2.36. The van der Waals surface area contributed by atoms with Crippen molar-refractivity contribution in [3.05, 3.63) is 64.5 Å². The number of aromatic nitrogens is 1. The monoisotopic (exact) mass is 398 g/mol. The van der Waals surface area contributed by atoms with Gasteiger partial charge in [0.15, 0.2) is 0 Å². The Hall–Kier alpha value is -2.41. The van der Waals surface area contributed by atoms with Gasteiger partial charge in [0.05, 0.1) is 25.1 Å². The van der Waals surface area contributed by atoms with Crippen LogP contribution in [0.2, 0.25) is 5.02 Å². The van der Waals surface area contributed by atoms with Gasteiger partial charge >= 0.3 is 0 Å². The average molecular weight is 399 g/mol. The summed E-state index contributed by atoms with van der Waals surface area (Å²) >= 11 is 7.44. The predicted molar refractivity (Wildman–Crippen MR) is 113 cm³/mol. The fourth-order valence-electron chi connectivity index (χ4n) is 2.83. The van der Waals surface area contributed by atoms with Gasteiger partial charge in [-0.1, -0.05) is 35.9 Å². The van der Waals surface area contributed by atoms with E-state index in [2.05, 4.69) is 44.7 Å². The molecule has 7 heteroatoms. The van der Waals surface area contributed by atoms with E-state index in [0.717, 1.165) is 53.3 Å². The molecular weight excluding hydrogens is 380 g/mol. The molecule has 0 atom stereocenters. The highest BCUT2D eigenvalue weighted by Gasteiger charge is 2.10. The maximum absolute atomic E-state index is 5.93. The molecule has 5 nitrogen and oxygen atoms in total. The summed E-state index contributed by atoms with van der Waals surface area (Å²) < 4.78 is 5.39. The molecule has 27 heavy (non-hydrogen) atoms. The average Bonchev–Trinajstić information content (AvgIpc) is 3.19. The largest absolute Gasteiger partial charge is 0.378 e. The van der Waals surface area contributed by atoms with Crippen molar-refractivity contribution < 1.29 is 4.74 Å². The highest BCUT2D eigenvalue weighted by Crippen LogP contribution is 2.26. The van der Waals surface area contributed by atoms with Crippen molar-refractivity contribution in [3.8, 4) is 11.3 Å². The van der Waals surface area contributed by atoms with Crippen LogP contribution in [0.4, 0.5) is 10.8 Å². The molecule has 0 radical (unpaired) electrons. The Morgan fingerprint density at radius 3 is 2.56 bits per heavy atom. The lowest BCUT2D eigenvalue weighted by Gasteiger charge is -2.28. The molecule has 0 amide bonds. The van der Waals surface area contributed by atoms with Crippen LogP contribution in [0, 0.1) is 0 Å². The summed E-state index contributed by atoms with van der Waals surface area (Å²) in [6, 6.07) is 16.0. The van der Waals surface area contributed by atoms with Gasteiger partial charge in [0, 0.05) is 34.7 Å². The maximum atomic E-state index is 5.93. The van der Waals surface area contributed by atoms with Crippen molar-refractivity contribution in [1.82, 2.24) is 4.98 Å². The number of nitrogens with zero attached hydrogens (tertiary/aromatic N) is 3. The Balaban J connectivity index is 1.35. The molecule has 1 N–H and O–H groups in total. The van der Waals surface area contributed by atoms with Crippen LogP contribution in [-0.4, -0.2) is 37.5 Å². The van der Waals surface area contributed by atoms with E-state index in [1.54, 1.807) is 6.21 Å². The number of halogens is 1. The van der Waals surface area contributed by atoms with E-state index in [4.69, 9.17) is 16.3 Å². The van der Waals surface area contributed by atoms with E-state index in [-0.39, 0.29) is 0 Å². The zero-order valence-electron chi connectivity index (χ0n) is 14.6. The van der Waals surface area contributed by atoms with Crippen LogP contribution in [0.5, 0.6) is 0 Å². The van der Waals surface area contributed by atoms with Gasteiger partial charge in [-0.3, -0.25) is 5.43 Å². The number of hydrazone groups is 1. The third-order valence-corrected chi connectivity index (χ3v) is 5.29. The van der Waals surface area contributed by atoms with Crippen LogP contribution in [0.25, 0.3) is 11.3 Å². The molecule has 1 saturated heterocycles. The fraction of sp³-hybridized carbons (Fsp3) is 0.200. The lowest BCUT2D eigenvalue weighted by molar-refractivity contribution is 0.122. The number of hydrogen-bond donors (Lipinski definition) is 1. The summed E-state index contributed by atoms with van der Waals surface area (Å²) in [4.78, 5) is 6.88. The highest BCUT2D eigenvalue weighted by molar-refractivity contribution is 7.14. The Labute approximate surface area is 167 Å². The van der Waals surface area contributed by atoms with Gasteiger partial charge in [0.1, 0.15) is 0 Å². The van der Waals surface area contributed by atoms with Gasteiger partial charge in [-0.15, -0.1) is 11.3 Å². The Bertz CT molecular complexity index is 902. The zero-order chi connectivity index (χ0) is 18.5. The lowest BCUT2D eigenvalue weighted by atomic mass is 10.2. The summed E-state index contributed by atoms with van der Waals surface area (Å²) in [7, 11) is 0. The van der Waals surface area contributed by atoms with Crippen LogP contribution in [-0.2, 0) is 4.74 Å². The van der Waals surface area contributed by atoms with Gasteiger partial charge < -0.3 is 9.64 Å². The first kappa shape index (κ1) is 18.0. The molecule has 138 valence electrons. The summed E-state index contributed by atoms with van der Waals surface area (Å²) in [5, 5.41) is 7.76. The molecule has 1 aromatic heterocycles. The number of thiazole rings is 1. The predicted octanol–water partition coefficient (Wildman–Crippen LogP) is 4.75. The maximum Gasteiger partial charge on any atom is 0.203 e. The second kappa shape index (κ2) is 8.52. The minimum atomic E-state index is 0.719. The van der Waals surface area contributed by atoms with E-state index in [0.29, 0.717) is 0 Å². The molecule has 0 bridgehead atoms. The number of anilines is 2. The molecular formula is C20H19ClN4OS. The van der Waals surface area contributed by atoms with Crippen LogP contribution in [0.3, 0.4) is 0 Å². The first-order valence-corrected chi connectivity index (χ1v) is 9.97. The van der Waals surface area contributed by atoms with Gasteiger partial charge in [-0.05, 0) is 29.8 Å². The topological polar surface area (TPSA) is 49.8 Å². The number of nitrogens with one attached hydrogen (secondary N) is 1. The quantitative estimate of drug-likeness (QED) is 0.498. The molecule has 0 spiro atoms. The molecule has 0 aliphatic carbocycles. The van der Waals surface area contributed by atoms with E-state index in [1.165, 1.54) is 17.0 Å².